The van der Waals surface area contributed by atoms with E-state index in [0.29, 0.717) is 19.4 Å². The highest BCUT2D eigenvalue weighted by molar-refractivity contribution is 5.96. The Labute approximate surface area is 195 Å². The van der Waals surface area contributed by atoms with Gasteiger partial charge in [0.05, 0.1) is 12.5 Å². The number of carbonyl (C=O) groups excluding carboxylic acids is 4. The van der Waals surface area contributed by atoms with Gasteiger partial charge in [-0.1, -0.05) is 0 Å². The van der Waals surface area contributed by atoms with Gasteiger partial charge in [-0.2, -0.15) is 0 Å². The number of nitrogens with one attached hydrogen (secondary N) is 3. The molecule has 0 aliphatic heterocycles. The Morgan fingerprint density at radius 1 is 0.824 bits per heavy atom. The molecule has 0 bridgehead atoms. The smallest absolute Gasteiger partial charge is 0.326 e. The Bertz CT molecular complexity index is 746. The third-order valence-corrected chi connectivity index (χ3v) is 4.70. The summed E-state index contributed by atoms with van der Waals surface area (Å²) in [6.07, 6.45) is -1.96. The molecule has 5 unspecified atom stereocenters. The third kappa shape index (κ3) is 12.1. The summed E-state index contributed by atoms with van der Waals surface area (Å²) < 4.78 is 0. The molecule has 0 heterocycles. The van der Waals surface area contributed by atoms with E-state index in [4.69, 9.17) is 22.3 Å². The number of aliphatic carboxylic acids is 2. The van der Waals surface area contributed by atoms with Crippen molar-refractivity contribution in [2.75, 3.05) is 6.54 Å². The molecule has 0 spiro atoms. The van der Waals surface area contributed by atoms with E-state index in [9.17, 15) is 39.0 Å². The van der Waals surface area contributed by atoms with Crippen molar-refractivity contribution in [1.82, 2.24) is 16.0 Å². The molecule has 0 saturated heterocycles. The molecule has 34 heavy (non-hydrogen) atoms. The number of amides is 4. The first-order valence-corrected chi connectivity index (χ1v) is 10.6. The van der Waals surface area contributed by atoms with Gasteiger partial charge in [0.2, 0.25) is 23.6 Å². The fourth-order valence-electron chi connectivity index (χ4n) is 2.73. The van der Waals surface area contributed by atoms with Gasteiger partial charge >= 0.3 is 11.9 Å². The zero-order valence-corrected chi connectivity index (χ0v) is 18.9. The number of hydrogen-bond acceptors (Lipinski definition) is 9. The third-order valence-electron chi connectivity index (χ3n) is 4.70. The minimum absolute atomic E-state index is 0.0457. The molecule has 0 aromatic carbocycles. The quantitative estimate of drug-likeness (QED) is 0.0888. The number of carbonyl (C=O) groups is 6. The predicted octanol–water partition coefficient (Wildman–Crippen LogP) is -3.90. The maximum atomic E-state index is 12.7. The van der Waals surface area contributed by atoms with Crippen LogP contribution < -0.4 is 33.2 Å². The molecule has 15 nitrogen and oxygen atoms in total. The van der Waals surface area contributed by atoms with Gasteiger partial charge in [-0.25, -0.2) is 4.79 Å². The molecule has 0 aromatic rings. The van der Waals surface area contributed by atoms with E-state index in [1.54, 1.807) is 0 Å². The lowest BCUT2D eigenvalue weighted by molar-refractivity contribution is -0.142. The van der Waals surface area contributed by atoms with E-state index in [2.05, 4.69) is 16.0 Å². The van der Waals surface area contributed by atoms with Gasteiger partial charge in [-0.05, 0) is 39.2 Å². The molecule has 194 valence electrons. The summed E-state index contributed by atoms with van der Waals surface area (Å²) in [4.78, 5) is 71.3. The summed E-state index contributed by atoms with van der Waals surface area (Å²) in [5, 5.41) is 34.2. The Hall–Kier alpha value is -3.30. The summed E-state index contributed by atoms with van der Waals surface area (Å²) in [6.45, 7) is 1.55. The Morgan fingerprint density at radius 3 is 1.82 bits per heavy atom. The number of aliphatic hydroxyl groups is 1. The van der Waals surface area contributed by atoms with Crippen molar-refractivity contribution in [2.45, 2.75) is 75.7 Å². The molecule has 0 rings (SSSR count). The normalized spacial score (nSPS) is 15.2. The van der Waals surface area contributed by atoms with Crippen LogP contribution in [-0.4, -0.2) is 87.7 Å². The monoisotopic (exact) mass is 490 g/mol. The van der Waals surface area contributed by atoms with Crippen molar-refractivity contribution >= 4 is 35.6 Å². The van der Waals surface area contributed by atoms with Gasteiger partial charge in [0, 0.05) is 6.42 Å². The highest BCUT2D eigenvalue weighted by atomic mass is 16.4. The highest BCUT2D eigenvalue weighted by Gasteiger charge is 2.32. The van der Waals surface area contributed by atoms with Crippen molar-refractivity contribution < 1.29 is 44.1 Å². The van der Waals surface area contributed by atoms with Crippen LogP contribution in [0.25, 0.3) is 0 Å². The lowest BCUT2D eigenvalue weighted by Crippen LogP contribution is -2.58. The number of nitrogens with two attached hydrogens (primary N) is 3. The predicted molar refractivity (Wildman–Crippen MR) is 117 cm³/mol. The van der Waals surface area contributed by atoms with Crippen molar-refractivity contribution in [3.63, 3.8) is 0 Å². The maximum absolute atomic E-state index is 12.7. The summed E-state index contributed by atoms with van der Waals surface area (Å²) in [5.41, 5.74) is 16.0. The molecule has 15 heteroatoms. The topological polar surface area (TPSA) is 277 Å². The van der Waals surface area contributed by atoms with Crippen LogP contribution in [0.3, 0.4) is 0 Å². The van der Waals surface area contributed by atoms with Gasteiger partial charge < -0.3 is 48.5 Å². The summed E-state index contributed by atoms with van der Waals surface area (Å²) in [5.74, 6) is -6.62. The molecule has 0 aliphatic rings. The first-order chi connectivity index (χ1) is 15.8. The molecule has 0 aromatic heterocycles. The number of unbranched alkanes of at least 4 members (excludes halogenated alkanes) is 1. The van der Waals surface area contributed by atoms with Crippen LogP contribution in [0.5, 0.6) is 0 Å². The first-order valence-electron chi connectivity index (χ1n) is 10.6. The Morgan fingerprint density at radius 2 is 1.35 bits per heavy atom. The van der Waals surface area contributed by atoms with Gasteiger partial charge in [0.15, 0.2) is 0 Å². The van der Waals surface area contributed by atoms with Gasteiger partial charge in [0.25, 0.3) is 0 Å². The van der Waals surface area contributed by atoms with E-state index in [1.165, 1.54) is 6.92 Å². The molecule has 0 fully saturated rings. The Kier molecular flexibility index (Phi) is 14.0. The van der Waals surface area contributed by atoms with Crippen LogP contribution in [-0.2, 0) is 28.8 Å². The first kappa shape index (κ1) is 30.7. The van der Waals surface area contributed by atoms with Crippen LogP contribution in [0.4, 0.5) is 0 Å². The number of aliphatic hydroxyl groups excluding tert-OH is 1. The number of primary amides is 1. The lowest BCUT2D eigenvalue weighted by atomic mass is 10.1. The molecule has 0 aliphatic carbocycles. The zero-order chi connectivity index (χ0) is 26.4. The fraction of sp³-hybridized carbons (Fsp3) is 0.684. The Balaban J connectivity index is 5.54. The molecule has 0 radical (unpaired) electrons. The molecular weight excluding hydrogens is 456 g/mol. The van der Waals surface area contributed by atoms with Gasteiger partial charge in [0.1, 0.15) is 24.2 Å². The SMILES string of the molecule is CC(O)C(N)C(=O)NC(CCC(=O)O)C(=O)NC(CC(N)=O)C(=O)NC(CCCCN)C(=O)O. The van der Waals surface area contributed by atoms with E-state index in [1.807, 2.05) is 0 Å². The molecular formula is C19H34N6O9. The minimum Gasteiger partial charge on any atom is -0.481 e. The van der Waals surface area contributed by atoms with Crippen LogP contribution in [0, 0.1) is 0 Å². The molecule has 5 atom stereocenters. The van der Waals surface area contributed by atoms with Crippen LogP contribution in [0.2, 0.25) is 0 Å². The number of rotatable bonds is 17. The summed E-state index contributed by atoms with van der Waals surface area (Å²) in [7, 11) is 0. The van der Waals surface area contributed by atoms with Crippen molar-refractivity contribution in [1.29, 1.82) is 0 Å². The van der Waals surface area contributed by atoms with Crippen molar-refractivity contribution in [3.8, 4) is 0 Å². The second kappa shape index (κ2) is 15.5. The molecule has 12 N–H and O–H groups in total. The van der Waals surface area contributed by atoms with E-state index in [-0.39, 0.29) is 6.42 Å². The molecule has 0 saturated carbocycles. The van der Waals surface area contributed by atoms with Crippen LogP contribution in [0.1, 0.15) is 45.4 Å². The maximum Gasteiger partial charge on any atom is 0.326 e. The second-order valence-electron chi connectivity index (χ2n) is 7.68. The van der Waals surface area contributed by atoms with E-state index < -0.39 is 85.1 Å². The molecule has 4 amide bonds. The zero-order valence-electron chi connectivity index (χ0n) is 18.9. The van der Waals surface area contributed by atoms with E-state index in [0.717, 1.165) is 0 Å². The van der Waals surface area contributed by atoms with Crippen LogP contribution >= 0.6 is 0 Å². The summed E-state index contributed by atoms with van der Waals surface area (Å²) in [6, 6.07) is -5.83. The average molecular weight is 491 g/mol. The fourth-order valence-corrected chi connectivity index (χ4v) is 2.73. The van der Waals surface area contributed by atoms with Gasteiger partial charge in [-0.15, -0.1) is 0 Å². The van der Waals surface area contributed by atoms with Gasteiger partial charge in [-0.3, -0.25) is 24.0 Å². The number of carboxylic acids is 2. The highest BCUT2D eigenvalue weighted by Crippen LogP contribution is 2.05. The number of hydrogen-bond donors (Lipinski definition) is 9. The number of carboxylic acid groups (broad SMARTS) is 2. The standard InChI is InChI=1S/C19H34N6O9/c1-9(26)15(22)18(32)23-10(5-6-14(28)29)16(30)25-12(8-13(21)27)17(31)24-11(19(33)34)4-2-3-7-20/h9-12,15,26H,2-8,20,22H2,1H3,(H2,21,27)(H,23,32)(H,24,31)(H,25,30)(H,28,29)(H,33,34). The van der Waals surface area contributed by atoms with E-state index >= 15 is 0 Å². The van der Waals surface area contributed by atoms with Crippen LogP contribution in [0.15, 0.2) is 0 Å². The average Bonchev–Trinajstić information content (AvgIpc) is 2.73. The second-order valence-corrected chi connectivity index (χ2v) is 7.68. The van der Waals surface area contributed by atoms with Crippen molar-refractivity contribution in [3.05, 3.63) is 0 Å². The largest absolute Gasteiger partial charge is 0.481 e. The summed E-state index contributed by atoms with van der Waals surface area (Å²) >= 11 is 0. The minimum atomic E-state index is -1.60. The lowest BCUT2D eigenvalue weighted by Gasteiger charge is -2.25. The van der Waals surface area contributed by atoms with Crippen molar-refractivity contribution in [2.24, 2.45) is 17.2 Å².